The summed E-state index contributed by atoms with van der Waals surface area (Å²) in [7, 11) is 0. The summed E-state index contributed by atoms with van der Waals surface area (Å²) in [5.74, 6) is 0.546. The molecule has 0 fully saturated rings. The van der Waals surface area contributed by atoms with E-state index in [0.29, 0.717) is 4.47 Å². The molecule has 0 saturated heterocycles. The van der Waals surface area contributed by atoms with E-state index in [2.05, 4.69) is 15.9 Å². The molecule has 0 saturated carbocycles. The molecule has 3 rings (SSSR count). The lowest BCUT2D eigenvalue weighted by Gasteiger charge is -2.13. The van der Waals surface area contributed by atoms with Gasteiger partial charge in [-0.2, -0.15) is 0 Å². The molecule has 0 bridgehead atoms. The fraction of sp³-hybridized carbons (Fsp3) is 0.176. The van der Waals surface area contributed by atoms with Crippen molar-refractivity contribution in [3.05, 3.63) is 69.6 Å². The highest BCUT2D eigenvalue weighted by Crippen LogP contribution is 2.34. The van der Waals surface area contributed by atoms with E-state index in [1.54, 1.807) is 0 Å². The summed E-state index contributed by atoms with van der Waals surface area (Å²) in [5.41, 5.74) is 8.87. The lowest BCUT2D eigenvalue weighted by Crippen LogP contribution is -2.13. The second-order valence-electron chi connectivity index (χ2n) is 4.97. The van der Waals surface area contributed by atoms with Crippen molar-refractivity contribution in [3.63, 3.8) is 0 Å². The number of hydrogen-bond donors (Lipinski definition) is 1. The predicted octanol–water partition coefficient (Wildman–Crippen LogP) is 4.94. The van der Waals surface area contributed by atoms with Gasteiger partial charge < -0.3 is 10.2 Å². The molecule has 3 aromatic rings. The zero-order valence-corrected chi connectivity index (χ0v) is 13.2. The van der Waals surface area contributed by atoms with Crippen molar-refractivity contribution in [3.8, 4) is 0 Å². The molecule has 0 aliphatic rings. The largest absolute Gasteiger partial charge is 0.461 e. The van der Waals surface area contributed by atoms with E-state index in [1.807, 2.05) is 37.3 Å². The van der Waals surface area contributed by atoms with Gasteiger partial charge in [-0.25, -0.2) is 4.39 Å². The van der Waals surface area contributed by atoms with E-state index < -0.39 is 6.04 Å². The Kier molecular flexibility index (Phi) is 3.83. The minimum absolute atomic E-state index is 0.305. The van der Waals surface area contributed by atoms with Crippen molar-refractivity contribution in [1.29, 1.82) is 0 Å². The van der Waals surface area contributed by atoms with Crippen molar-refractivity contribution in [1.82, 2.24) is 0 Å². The molecule has 1 heterocycles. The van der Waals surface area contributed by atoms with Gasteiger partial charge in [0.25, 0.3) is 0 Å². The molecule has 0 aliphatic heterocycles. The number of benzene rings is 2. The smallest absolute Gasteiger partial charge is 0.134 e. The van der Waals surface area contributed by atoms with E-state index >= 15 is 0 Å². The number of aryl methyl sites for hydroxylation is 1. The normalized spacial score (nSPS) is 12.8. The summed E-state index contributed by atoms with van der Waals surface area (Å²) in [4.78, 5) is 0. The molecule has 0 aliphatic carbocycles. The van der Waals surface area contributed by atoms with Gasteiger partial charge in [0.15, 0.2) is 0 Å². The van der Waals surface area contributed by atoms with E-state index in [-0.39, 0.29) is 5.82 Å². The fourth-order valence-corrected chi connectivity index (χ4v) is 3.12. The van der Waals surface area contributed by atoms with Gasteiger partial charge in [0.1, 0.15) is 17.2 Å². The number of rotatable bonds is 3. The first-order chi connectivity index (χ1) is 10.1. The van der Waals surface area contributed by atoms with Crippen molar-refractivity contribution >= 4 is 26.9 Å². The van der Waals surface area contributed by atoms with Crippen molar-refractivity contribution in [2.45, 2.75) is 19.4 Å². The summed E-state index contributed by atoms with van der Waals surface area (Å²) in [5, 5.41) is 0.988. The number of furan rings is 1. The standard InChI is InChI=1S/C17H15BrFNO/c1-2-14-16(13-5-3-4-6-15(13)21-14)17(20)10-7-11(18)9-12(19)8-10/h3-9,17H,2,20H2,1H3. The molecule has 2 aromatic carbocycles. The van der Waals surface area contributed by atoms with Crippen LogP contribution in [0, 0.1) is 5.82 Å². The molecule has 108 valence electrons. The third-order valence-electron chi connectivity index (χ3n) is 3.59. The van der Waals surface area contributed by atoms with Gasteiger partial charge in [-0.15, -0.1) is 0 Å². The Bertz CT molecular complexity index is 776. The maximum absolute atomic E-state index is 13.6. The Hall–Kier alpha value is -1.65. The summed E-state index contributed by atoms with van der Waals surface area (Å²) in [6.45, 7) is 2.02. The Labute approximate surface area is 130 Å². The molecule has 4 heteroatoms. The number of para-hydroxylation sites is 1. The van der Waals surface area contributed by atoms with Crippen LogP contribution in [0.15, 0.2) is 51.4 Å². The third kappa shape index (κ3) is 2.61. The molecule has 0 amide bonds. The molecule has 1 aromatic heterocycles. The second-order valence-corrected chi connectivity index (χ2v) is 5.88. The Morgan fingerprint density at radius 1 is 1.24 bits per heavy atom. The second kappa shape index (κ2) is 5.62. The number of fused-ring (bicyclic) bond motifs is 1. The van der Waals surface area contributed by atoms with Gasteiger partial charge in [0.05, 0.1) is 6.04 Å². The molecule has 0 radical (unpaired) electrons. The molecule has 2 nitrogen and oxygen atoms in total. The Morgan fingerprint density at radius 2 is 2.00 bits per heavy atom. The Morgan fingerprint density at radius 3 is 2.71 bits per heavy atom. The van der Waals surface area contributed by atoms with E-state index in [1.165, 1.54) is 12.1 Å². The number of halogens is 2. The van der Waals surface area contributed by atoms with Crippen LogP contribution in [0.1, 0.15) is 29.9 Å². The van der Waals surface area contributed by atoms with Gasteiger partial charge >= 0.3 is 0 Å². The van der Waals surface area contributed by atoms with Crippen LogP contribution in [0.2, 0.25) is 0 Å². The summed E-state index contributed by atoms with van der Waals surface area (Å²) in [6.07, 6.45) is 0.744. The number of nitrogens with two attached hydrogens (primary N) is 1. The maximum atomic E-state index is 13.6. The van der Waals surface area contributed by atoms with Gasteiger partial charge in [0.2, 0.25) is 0 Å². The zero-order chi connectivity index (χ0) is 15.0. The minimum atomic E-state index is -0.421. The Balaban J connectivity index is 2.18. The molecule has 0 spiro atoms. The van der Waals surface area contributed by atoms with Crippen LogP contribution in [0.3, 0.4) is 0 Å². The molecular weight excluding hydrogens is 333 g/mol. The highest BCUT2D eigenvalue weighted by atomic mass is 79.9. The van der Waals surface area contributed by atoms with Crippen molar-refractivity contribution in [2.75, 3.05) is 0 Å². The number of hydrogen-bond acceptors (Lipinski definition) is 2. The van der Waals surface area contributed by atoms with Gasteiger partial charge in [0, 0.05) is 21.8 Å². The SMILES string of the molecule is CCc1oc2ccccc2c1C(N)c1cc(F)cc(Br)c1. The van der Waals surface area contributed by atoms with Gasteiger partial charge in [-0.05, 0) is 29.8 Å². The van der Waals surface area contributed by atoms with Crippen LogP contribution < -0.4 is 5.73 Å². The van der Waals surface area contributed by atoms with Crippen LogP contribution in [0.25, 0.3) is 11.0 Å². The van der Waals surface area contributed by atoms with E-state index in [9.17, 15) is 4.39 Å². The third-order valence-corrected chi connectivity index (χ3v) is 4.04. The molecule has 1 unspecified atom stereocenters. The first-order valence-corrected chi connectivity index (χ1v) is 7.61. The average molecular weight is 348 g/mol. The van der Waals surface area contributed by atoms with Crippen LogP contribution in [-0.4, -0.2) is 0 Å². The van der Waals surface area contributed by atoms with Crippen LogP contribution in [0.4, 0.5) is 4.39 Å². The molecule has 2 N–H and O–H groups in total. The van der Waals surface area contributed by atoms with E-state index in [0.717, 1.165) is 34.3 Å². The van der Waals surface area contributed by atoms with Crippen molar-refractivity contribution in [2.24, 2.45) is 5.73 Å². The summed E-state index contributed by atoms with van der Waals surface area (Å²) < 4.78 is 20.2. The highest BCUT2D eigenvalue weighted by molar-refractivity contribution is 9.10. The fourth-order valence-electron chi connectivity index (χ4n) is 2.64. The van der Waals surface area contributed by atoms with Gasteiger partial charge in [-0.1, -0.05) is 41.1 Å². The van der Waals surface area contributed by atoms with Gasteiger partial charge in [-0.3, -0.25) is 0 Å². The van der Waals surface area contributed by atoms with Crippen molar-refractivity contribution < 1.29 is 8.81 Å². The van der Waals surface area contributed by atoms with Crippen LogP contribution in [-0.2, 0) is 6.42 Å². The quantitative estimate of drug-likeness (QED) is 0.728. The first kappa shape index (κ1) is 14.3. The topological polar surface area (TPSA) is 39.2 Å². The van der Waals surface area contributed by atoms with Crippen LogP contribution >= 0.6 is 15.9 Å². The van der Waals surface area contributed by atoms with E-state index in [4.69, 9.17) is 10.2 Å². The minimum Gasteiger partial charge on any atom is -0.461 e. The zero-order valence-electron chi connectivity index (χ0n) is 11.6. The van der Waals surface area contributed by atoms with Crippen LogP contribution in [0.5, 0.6) is 0 Å². The maximum Gasteiger partial charge on any atom is 0.134 e. The molecular formula is C17H15BrFNO. The average Bonchev–Trinajstić information content (AvgIpc) is 2.83. The molecule has 1 atom stereocenters. The lowest BCUT2D eigenvalue weighted by molar-refractivity contribution is 0.546. The predicted molar refractivity (Wildman–Crippen MR) is 85.7 cm³/mol. The first-order valence-electron chi connectivity index (χ1n) is 6.82. The highest BCUT2D eigenvalue weighted by Gasteiger charge is 2.20. The monoisotopic (exact) mass is 347 g/mol. The summed E-state index contributed by atoms with van der Waals surface area (Å²) >= 11 is 3.31. The summed E-state index contributed by atoms with van der Waals surface area (Å²) in [6, 6.07) is 12.1. The molecule has 21 heavy (non-hydrogen) atoms. The lowest BCUT2D eigenvalue weighted by atomic mass is 9.96.